The molecule has 2 rings (SSSR count). The Morgan fingerprint density at radius 3 is 2.80 bits per heavy atom. The summed E-state index contributed by atoms with van der Waals surface area (Å²) in [5.74, 6) is 1.21. The predicted molar refractivity (Wildman–Crippen MR) is 64.4 cm³/mol. The fourth-order valence-electron chi connectivity index (χ4n) is 1.42. The molecule has 0 fully saturated rings. The van der Waals surface area contributed by atoms with Crippen LogP contribution in [0.2, 0.25) is 0 Å². The smallest absolute Gasteiger partial charge is 0.135 e. The van der Waals surface area contributed by atoms with Gasteiger partial charge in [0.1, 0.15) is 11.6 Å². The first-order chi connectivity index (χ1) is 7.20. The molecule has 15 heavy (non-hydrogen) atoms. The molecule has 0 amide bonds. The summed E-state index contributed by atoms with van der Waals surface area (Å²) in [6, 6.07) is 5.75. The van der Waals surface area contributed by atoms with Crippen LogP contribution in [-0.4, -0.2) is 16.5 Å². The molecular weight excluding hydrogens is 256 g/mol. The molecule has 0 radical (unpaired) electrons. The van der Waals surface area contributed by atoms with Crippen molar-refractivity contribution in [3.63, 3.8) is 0 Å². The van der Waals surface area contributed by atoms with E-state index >= 15 is 0 Å². The van der Waals surface area contributed by atoms with Crippen LogP contribution in [0.1, 0.15) is 5.82 Å². The van der Waals surface area contributed by atoms with Crippen molar-refractivity contribution < 1.29 is 0 Å². The lowest BCUT2D eigenvalue weighted by Gasteiger charge is -2.04. The van der Waals surface area contributed by atoms with Gasteiger partial charge in [-0.2, -0.15) is 0 Å². The first-order valence-electron chi connectivity index (χ1n) is 4.62. The van der Waals surface area contributed by atoms with E-state index in [0.29, 0.717) is 24.6 Å². The van der Waals surface area contributed by atoms with Gasteiger partial charge < -0.3 is 11.5 Å². The van der Waals surface area contributed by atoms with Crippen LogP contribution >= 0.6 is 15.9 Å². The topological polar surface area (TPSA) is 77.8 Å². The SMILES string of the molecule is NCCc1nc(N)c2ccc(Br)cc2n1. The van der Waals surface area contributed by atoms with Crippen LogP contribution in [-0.2, 0) is 6.42 Å². The molecule has 0 bridgehead atoms. The highest BCUT2D eigenvalue weighted by atomic mass is 79.9. The Balaban J connectivity index is 2.63. The van der Waals surface area contributed by atoms with Gasteiger partial charge in [-0.3, -0.25) is 0 Å². The van der Waals surface area contributed by atoms with Crippen molar-refractivity contribution in [3.05, 3.63) is 28.5 Å². The van der Waals surface area contributed by atoms with Crippen LogP contribution in [0.5, 0.6) is 0 Å². The van der Waals surface area contributed by atoms with Crippen molar-refractivity contribution in [2.75, 3.05) is 12.3 Å². The normalized spacial score (nSPS) is 10.8. The molecule has 78 valence electrons. The van der Waals surface area contributed by atoms with E-state index in [9.17, 15) is 0 Å². The quantitative estimate of drug-likeness (QED) is 0.863. The van der Waals surface area contributed by atoms with E-state index in [4.69, 9.17) is 11.5 Å². The molecule has 0 saturated carbocycles. The van der Waals surface area contributed by atoms with Crippen molar-refractivity contribution in [1.29, 1.82) is 0 Å². The van der Waals surface area contributed by atoms with Crippen LogP contribution in [0.15, 0.2) is 22.7 Å². The van der Waals surface area contributed by atoms with Crippen molar-refractivity contribution in [3.8, 4) is 0 Å². The molecule has 0 aliphatic heterocycles. The zero-order valence-electron chi connectivity index (χ0n) is 8.07. The standard InChI is InChI=1S/C10H11BrN4/c11-6-1-2-7-8(5-6)14-9(3-4-12)15-10(7)13/h1-2,5H,3-4,12H2,(H2,13,14,15). The lowest BCUT2D eigenvalue weighted by molar-refractivity contribution is 0.882. The van der Waals surface area contributed by atoms with E-state index in [1.807, 2.05) is 18.2 Å². The molecule has 0 saturated heterocycles. The highest BCUT2D eigenvalue weighted by Crippen LogP contribution is 2.21. The van der Waals surface area contributed by atoms with Gasteiger partial charge in [-0.1, -0.05) is 15.9 Å². The summed E-state index contributed by atoms with van der Waals surface area (Å²) >= 11 is 3.39. The number of benzene rings is 1. The molecule has 0 unspecified atom stereocenters. The van der Waals surface area contributed by atoms with Gasteiger partial charge in [-0.25, -0.2) is 9.97 Å². The molecule has 0 aliphatic carbocycles. The number of hydrogen-bond acceptors (Lipinski definition) is 4. The number of hydrogen-bond donors (Lipinski definition) is 2. The zero-order chi connectivity index (χ0) is 10.8. The second-order valence-corrected chi connectivity index (χ2v) is 4.14. The first kappa shape index (κ1) is 10.3. The van der Waals surface area contributed by atoms with Crippen LogP contribution in [0.3, 0.4) is 0 Å². The molecule has 1 aromatic carbocycles. The summed E-state index contributed by atoms with van der Waals surface area (Å²) in [5, 5.41) is 0.874. The number of nitrogens with two attached hydrogens (primary N) is 2. The van der Waals surface area contributed by atoms with Crippen molar-refractivity contribution in [2.24, 2.45) is 5.73 Å². The van der Waals surface area contributed by atoms with E-state index in [1.54, 1.807) is 0 Å². The second-order valence-electron chi connectivity index (χ2n) is 3.23. The maximum Gasteiger partial charge on any atom is 0.135 e. The summed E-state index contributed by atoms with van der Waals surface area (Å²) < 4.78 is 0.979. The third-order valence-corrected chi connectivity index (χ3v) is 2.60. The highest BCUT2D eigenvalue weighted by molar-refractivity contribution is 9.10. The predicted octanol–water partition coefficient (Wildman–Crippen LogP) is 1.48. The fraction of sp³-hybridized carbons (Fsp3) is 0.200. The molecule has 1 aromatic heterocycles. The van der Waals surface area contributed by atoms with Gasteiger partial charge in [0, 0.05) is 16.3 Å². The average Bonchev–Trinajstić information content (AvgIpc) is 2.17. The Labute approximate surface area is 95.8 Å². The largest absolute Gasteiger partial charge is 0.383 e. The minimum Gasteiger partial charge on any atom is -0.383 e. The summed E-state index contributed by atoms with van der Waals surface area (Å²) in [7, 11) is 0. The Bertz CT molecular complexity index is 498. The molecule has 0 atom stereocenters. The van der Waals surface area contributed by atoms with Crippen LogP contribution in [0.25, 0.3) is 10.9 Å². The van der Waals surface area contributed by atoms with E-state index in [2.05, 4.69) is 25.9 Å². The molecular formula is C10H11BrN4. The van der Waals surface area contributed by atoms with Gasteiger partial charge in [-0.05, 0) is 24.7 Å². The number of nitrogen functional groups attached to an aromatic ring is 1. The van der Waals surface area contributed by atoms with E-state index < -0.39 is 0 Å². The van der Waals surface area contributed by atoms with Crippen LogP contribution < -0.4 is 11.5 Å². The van der Waals surface area contributed by atoms with Gasteiger partial charge in [-0.15, -0.1) is 0 Å². The van der Waals surface area contributed by atoms with Crippen molar-refractivity contribution in [1.82, 2.24) is 9.97 Å². The Morgan fingerprint density at radius 2 is 2.07 bits per heavy atom. The van der Waals surface area contributed by atoms with Crippen LogP contribution in [0, 0.1) is 0 Å². The van der Waals surface area contributed by atoms with Gasteiger partial charge in [0.05, 0.1) is 5.52 Å². The Kier molecular flexibility index (Phi) is 2.83. The molecule has 1 heterocycles. The maximum absolute atomic E-state index is 5.83. The summed E-state index contributed by atoms with van der Waals surface area (Å²) in [6.45, 7) is 0.527. The van der Waals surface area contributed by atoms with Gasteiger partial charge in [0.25, 0.3) is 0 Å². The third kappa shape index (κ3) is 2.08. The molecule has 5 heteroatoms. The molecule has 4 nitrogen and oxygen atoms in total. The Hall–Kier alpha value is -1.20. The summed E-state index contributed by atoms with van der Waals surface area (Å²) in [4.78, 5) is 8.58. The minimum absolute atomic E-state index is 0.510. The second kappa shape index (κ2) is 4.12. The van der Waals surface area contributed by atoms with Gasteiger partial charge in [0.2, 0.25) is 0 Å². The van der Waals surface area contributed by atoms with Crippen LogP contribution in [0.4, 0.5) is 5.82 Å². The summed E-state index contributed by atoms with van der Waals surface area (Å²) in [6.07, 6.45) is 0.645. The maximum atomic E-state index is 5.83. The average molecular weight is 267 g/mol. The molecule has 4 N–H and O–H groups in total. The number of fused-ring (bicyclic) bond motifs is 1. The number of anilines is 1. The van der Waals surface area contributed by atoms with E-state index in [1.165, 1.54) is 0 Å². The minimum atomic E-state index is 0.510. The van der Waals surface area contributed by atoms with Gasteiger partial charge >= 0.3 is 0 Å². The van der Waals surface area contributed by atoms with E-state index in [-0.39, 0.29) is 0 Å². The number of aromatic nitrogens is 2. The van der Waals surface area contributed by atoms with Gasteiger partial charge in [0.15, 0.2) is 0 Å². The number of halogens is 1. The number of nitrogens with zero attached hydrogens (tertiary/aromatic N) is 2. The fourth-order valence-corrected chi connectivity index (χ4v) is 1.77. The van der Waals surface area contributed by atoms with Crippen molar-refractivity contribution in [2.45, 2.75) is 6.42 Å². The lowest BCUT2D eigenvalue weighted by atomic mass is 10.2. The van der Waals surface area contributed by atoms with E-state index in [0.717, 1.165) is 15.4 Å². The van der Waals surface area contributed by atoms with Crippen molar-refractivity contribution >= 4 is 32.7 Å². The molecule has 0 aliphatic rings. The lowest BCUT2D eigenvalue weighted by Crippen LogP contribution is -2.08. The highest BCUT2D eigenvalue weighted by Gasteiger charge is 2.04. The third-order valence-electron chi connectivity index (χ3n) is 2.10. The molecule has 0 spiro atoms. The summed E-state index contributed by atoms with van der Waals surface area (Å²) in [5.41, 5.74) is 12.1. The monoisotopic (exact) mass is 266 g/mol. The zero-order valence-corrected chi connectivity index (χ0v) is 9.66. The first-order valence-corrected chi connectivity index (χ1v) is 5.41. The molecule has 2 aromatic rings. The number of rotatable bonds is 2. The Morgan fingerprint density at radius 1 is 1.27 bits per heavy atom.